The Hall–Kier alpha value is -1.72. The molecule has 0 aromatic carbocycles. The SMILES string of the molecule is CC(C)OC(=O)NN(C(=O)OC(C)C)C1=C[C@H](C)CC[C@H]1C(C)C. The van der Waals surface area contributed by atoms with E-state index >= 15 is 0 Å². The fourth-order valence-electron chi connectivity index (χ4n) is 2.81. The average molecular weight is 340 g/mol. The molecule has 0 spiro atoms. The van der Waals surface area contributed by atoms with E-state index in [1.165, 1.54) is 5.01 Å². The Labute approximate surface area is 145 Å². The van der Waals surface area contributed by atoms with Crippen LogP contribution in [-0.2, 0) is 9.47 Å². The fourth-order valence-corrected chi connectivity index (χ4v) is 2.81. The van der Waals surface area contributed by atoms with Gasteiger partial charge in [-0.3, -0.25) is 0 Å². The summed E-state index contributed by atoms with van der Waals surface area (Å²) >= 11 is 0. The smallest absolute Gasteiger partial charge is 0.433 e. The molecule has 0 fully saturated rings. The standard InChI is InChI=1S/C18H32N2O4/c1-11(2)15-9-8-14(7)10-16(15)20(18(22)24-13(5)6)19-17(21)23-12(3)4/h10-15H,8-9H2,1-7H3,(H,19,21)/t14-,15+/m1/s1. The van der Waals surface area contributed by atoms with Gasteiger partial charge >= 0.3 is 12.2 Å². The molecule has 1 aliphatic rings. The summed E-state index contributed by atoms with van der Waals surface area (Å²) in [4.78, 5) is 24.6. The number of carbonyl (C=O) groups is 2. The van der Waals surface area contributed by atoms with Gasteiger partial charge in [-0.1, -0.05) is 26.8 Å². The zero-order chi connectivity index (χ0) is 18.4. The summed E-state index contributed by atoms with van der Waals surface area (Å²) in [5, 5.41) is 1.23. The zero-order valence-electron chi connectivity index (χ0n) is 16.0. The highest BCUT2D eigenvalue weighted by molar-refractivity contribution is 5.76. The molecule has 24 heavy (non-hydrogen) atoms. The molecule has 1 N–H and O–H groups in total. The second-order valence-corrected chi connectivity index (χ2v) is 7.33. The number of amides is 2. The molecule has 0 unspecified atom stereocenters. The van der Waals surface area contributed by atoms with Crippen molar-refractivity contribution in [2.24, 2.45) is 17.8 Å². The lowest BCUT2D eigenvalue weighted by Gasteiger charge is -2.36. The molecule has 1 aliphatic carbocycles. The third-order valence-corrected chi connectivity index (χ3v) is 3.90. The van der Waals surface area contributed by atoms with Gasteiger partial charge in [0.1, 0.15) is 0 Å². The summed E-state index contributed by atoms with van der Waals surface area (Å²) in [7, 11) is 0. The third kappa shape index (κ3) is 6.06. The first kappa shape index (κ1) is 20.3. The minimum Gasteiger partial charge on any atom is -0.446 e. The van der Waals surface area contributed by atoms with Crippen LogP contribution in [0.15, 0.2) is 11.8 Å². The van der Waals surface area contributed by atoms with Crippen LogP contribution < -0.4 is 5.43 Å². The highest BCUT2D eigenvalue weighted by Crippen LogP contribution is 2.35. The second kappa shape index (κ2) is 8.94. The van der Waals surface area contributed by atoms with Crippen molar-refractivity contribution in [1.29, 1.82) is 0 Å². The molecule has 0 radical (unpaired) electrons. The van der Waals surface area contributed by atoms with Gasteiger partial charge in [0.2, 0.25) is 0 Å². The monoisotopic (exact) mass is 340 g/mol. The molecule has 0 aromatic rings. The minimum atomic E-state index is -0.660. The number of ether oxygens (including phenoxy) is 2. The maximum absolute atomic E-state index is 12.5. The van der Waals surface area contributed by atoms with Crippen molar-refractivity contribution in [2.75, 3.05) is 0 Å². The van der Waals surface area contributed by atoms with Gasteiger partial charge in [-0.25, -0.2) is 15.0 Å². The van der Waals surface area contributed by atoms with Gasteiger partial charge in [0.05, 0.1) is 12.2 Å². The molecular weight excluding hydrogens is 308 g/mol. The van der Waals surface area contributed by atoms with Crippen LogP contribution in [0.2, 0.25) is 0 Å². The molecule has 138 valence electrons. The minimum absolute atomic E-state index is 0.181. The molecule has 0 heterocycles. The molecule has 0 bridgehead atoms. The summed E-state index contributed by atoms with van der Waals surface area (Å²) in [6.45, 7) is 13.4. The van der Waals surface area contributed by atoms with E-state index in [1.54, 1.807) is 27.7 Å². The Morgan fingerprint density at radius 2 is 1.67 bits per heavy atom. The Morgan fingerprint density at radius 1 is 1.08 bits per heavy atom. The van der Waals surface area contributed by atoms with Crippen molar-refractivity contribution in [3.63, 3.8) is 0 Å². The molecule has 0 aromatic heterocycles. The molecule has 2 atom stereocenters. The van der Waals surface area contributed by atoms with Gasteiger partial charge < -0.3 is 9.47 Å². The van der Waals surface area contributed by atoms with E-state index in [4.69, 9.17) is 9.47 Å². The van der Waals surface area contributed by atoms with Crippen molar-refractivity contribution in [3.8, 4) is 0 Å². The molecule has 1 rings (SSSR count). The Morgan fingerprint density at radius 3 is 2.17 bits per heavy atom. The number of nitrogens with one attached hydrogen (secondary N) is 1. The first-order valence-corrected chi connectivity index (χ1v) is 8.81. The highest BCUT2D eigenvalue weighted by Gasteiger charge is 2.33. The topological polar surface area (TPSA) is 67.9 Å². The Balaban J connectivity index is 3.09. The van der Waals surface area contributed by atoms with Crippen molar-refractivity contribution >= 4 is 12.2 Å². The van der Waals surface area contributed by atoms with Gasteiger partial charge in [0, 0.05) is 11.6 Å². The summed E-state index contributed by atoms with van der Waals surface area (Å²) in [5.41, 5.74) is 3.35. The summed E-state index contributed by atoms with van der Waals surface area (Å²) in [6, 6.07) is 0. The van der Waals surface area contributed by atoms with Gasteiger partial charge in [0.25, 0.3) is 0 Å². The maximum atomic E-state index is 12.5. The average Bonchev–Trinajstić information content (AvgIpc) is 2.42. The number of allylic oxidation sites excluding steroid dienone is 2. The predicted octanol–water partition coefficient (Wildman–Crippen LogP) is 4.47. The fraction of sp³-hybridized carbons (Fsp3) is 0.778. The molecule has 2 amide bonds. The lowest BCUT2D eigenvalue weighted by molar-refractivity contribution is 0.0513. The molecular formula is C18H32N2O4. The maximum Gasteiger partial charge on any atom is 0.433 e. The summed E-state index contributed by atoms with van der Waals surface area (Å²) in [5.74, 6) is 0.869. The normalized spacial score (nSPS) is 20.8. The highest BCUT2D eigenvalue weighted by atomic mass is 16.6. The first-order chi connectivity index (χ1) is 11.1. The molecule has 0 saturated heterocycles. The number of hydrogen-bond donors (Lipinski definition) is 1. The largest absolute Gasteiger partial charge is 0.446 e. The molecule has 6 heteroatoms. The van der Waals surface area contributed by atoms with Crippen LogP contribution in [0.5, 0.6) is 0 Å². The van der Waals surface area contributed by atoms with E-state index in [-0.39, 0.29) is 18.1 Å². The Bertz CT molecular complexity index is 472. The summed E-state index contributed by atoms with van der Waals surface area (Å²) in [6.07, 6.45) is 2.29. The lowest BCUT2D eigenvalue weighted by Crippen LogP contribution is -2.49. The van der Waals surface area contributed by atoms with E-state index in [0.29, 0.717) is 11.8 Å². The van der Waals surface area contributed by atoms with E-state index in [0.717, 1.165) is 18.5 Å². The van der Waals surface area contributed by atoms with Gasteiger partial charge in [-0.2, -0.15) is 5.01 Å². The second-order valence-electron chi connectivity index (χ2n) is 7.33. The first-order valence-electron chi connectivity index (χ1n) is 8.81. The van der Waals surface area contributed by atoms with Crippen LogP contribution in [0, 0.1) is 17.8 Å². The number of nitrogens with zero attached hydrogens (tertiary/aromatic N) is 1. The van der Waals surface area contributed by atoms with Crippen molar-refractivity contribution in [2.45, 2.75) is 73.5 Å². The van der Waals surface area contributed by atoms with Crippen molar-refractivity contribution in [1.82, 2.24) is 10.4 Å². The van der Waals surface area contributed by atoms with E-state index in [2.05, 4.69) is 26.2 Å². The van der Waals surface area contributed by atoms with Crippen molar-refractivity contribution < 1.29 is 19.1 Å². The summed E-state index contributed by atoms with van der Waals surface area (Å²) < 4.78 is 10.4. The number of carbonyl (C=O) groups excluding carboxylic acids is 2. The van der Waals surface area contributed by atoms with Crippen LogP contribution >= 0.6 is 0 Å². The number of hydrazine groups is 1. The van der Waals surface area contributed by atoms with Crippen LogP contribution in [0.4, 0.5) is 9.59 Å². The number of hydrogen-bond acceptors (Lipinski definition) is 4. The molecule has 0 saturated carbocycles. The van der Waals surface area contributed by atoms with Crippen molar-refractivity contribution in [3.05, 3.63) is 11.8 Å². The van der Waals surface area contributed by atoms with E-state index < -0.39 is 12.2 Å². The van der Waals surface area contributed by atoms with Crippen LogP contribution in [0.25, 0.3) is 0 Å². The van der Waals surface area contributed by atoms with Gasteiger partial charge in [-0.15, -0.1) is 0 Å². The van der Waals surface area contributed by atoms with Gasteiger partial charge in [-0.05, 0) is 52.4 Å². The Kier molecular flexibility index (Phi) is 7.58. The van der Waals surface area contributed by atoms with Crippen LogP contribution in [-0.4, -0.2) is 29.4 Å². The number of rotatable bonds is 4. The quantitative estimate of drug-likeness (QED) is 0.767. The van der Waals surface area contributed by atoms with Gasteiger partial charge in [0.15, 0.2) is 0 Å². The zero-order valence-corrected chi connectivity index (χ0v) is 16.0. The molecule has 6 nitrogen and oxygen atoms in total. The van der Waals surface area contributed by atoms with E-state index in [9.17, 15) is 9.59 Å². The van der Waals surface area contributed by atoms with E-state index in [1.807, 2.05) is 6.08 Å². The predicted molar refractivity (Wildman–Crippen MR) is 93.0 cm³/mol. The lowest BCUT2D eigenvalue weighted by atomic mass is 9.80. The van der Waals surface area contributed by atoms with Crippen LogP contribution in [0.1, 0.15) is 61.3 Å². The molecule has 0 aliphatic heterocycles. The third-order valence-electron chi connectivity index (χ3n) is 3.90. The van der Waals surface area contributed by atoms with Crippen LogP contribution in [0.3, 0.4) is 0 Å².